The average molecular weight is 321 g/mol. The fraction of sp³-hybridized carbons (Fsp3) is 0.143. The molecule has 0 saturated carbocycles. The van der Waals surface area contributed by atoms with E-state index in [0.29, 0.717) is 5.56 Å². The lowest BCUT2D eigenvalue weighted by Crippen LogP contribution is -2.20. The van der Waals surface area contributed by atoms with Gasteiger partial charge in [0.2, 0.25) is 0 Å². The molecule has 0 aliphatic carbocycles. The van der Waals surface area contributed by atoms with E-state index in [9.17, 15) is 9.90 Å². The maximum atomic E-state index is 11.4. The van der Waals surface area contributed by atoms with Gasteiger partial charge in [0.1, 0.15) is 0 Å². The molecule has 0 spiro atoms. The Kier molecular flexibility index (Phi) is 4.16. The number of hydrogen-bond donors (Lipinski definition) is 2. The van der Waals surface area contributed by atoms with E-state index in [1.54, 1.807) is 18.5 Å². The van der Waals surface area contributed by atoms with E-state index in [0.717, 1.165) is 15.7 Å². The van der Waals surface area contributed by atoms with Gasteiger partial charge >= 0.3 is 5.97 Å². The summed E-state index contributed by atoms with van der Waals surface area (Å²) in [7, 11) is 0. The van der Waals surface area contributed by atoms with E-state index < -0.39 is 12.0 Å². The molecule has 2 aromatic rings. The number of aromatic nitrogens is 1. The zero-order valence-corrected chi connectivity index (χ0v) is 11.9. The molecule has 0 fully saturated rings. The summed E-state index contributed by atoms with van der Waals surface area (Å²) in [6.45, 7) is 1.96. The number of hydrogen-bond acceptors (Lipinski definition) is 3. The Labute approximate surface area is 119 Å². The Morgan fingerprint density at radius 2 is 2.16 bits per heavy atom. The van der Waals surface area contributed by atoms with Crippen LogP contribution in [0.15, 0.2) is 47.2 Å². The minimum atomic E-state index is -0.943. The van der Waals surface area contributed by atoms with E-state index in [2.05, 4.69) is 26.2 Å². The molecular weight excluding hydrogens is 308 g/mol. The molecule has 1 heterocycles. The molecule has 1 unspecified atom stereocenters. The monoisotopic (exact) mass is 320 g/mol. The first kappa shape index (κ1) is 13.5. The second kappa shape index (κ2) is 5.84. The van der Waals surface area contributed by atoms with Gasteiger partial charge in [-0.3, -0.25) is 4.98 Å². The van der Waals surface area contributed by atoms with Crippen LogP contribution in [-0.4, -0.2) is 16.1 Å². The number of carbonyl (C=O) groups is 1. The lowest BCUT2D eigenvalue weighted by Gasteiger charge is -2.16. The number of aryl methyl sites for hydroxylation is 1. The van der Waals surface area contributed by atoms with Crippen LogP contribution in [0.1, 0.15) is 17.2 Å². The number of rotatable bonds is 4. The molecule has 1 aromatic heterocycles. The molecule has 5 heteroatoms. The fourth-order valence-corrected chi connectivity index (χ4v) is 2.16. The number of carboxylic acid groups (broad SMARTS) is 1. The Hall–Kier alpha value is -1.88. The highest BCUT2D eigenvalue weighted by molar-refractivity contribution is 9.10. The van der Waals surface area contributed by atoms with Gasteiger partial charge in [0.25, 0.3) is 0 Å². The Bertz CT molecular complexity index is 602. The van der Waals surface area contributed by atoms with Crippen LogP contribution < -0.4 is 5.32 Å². The molecule has 4 nitrogen and oxygen atoms in total. The first-order valence-electron chi connectivity index (χ1n) is 5.73. The Morgan fingerprint density at radius 3 is 2.79 bits per heavy atom. The number of benzene rings is 1. The van der Waals surface area contributed by atoms with Gasteiger partial charge in [0.05, 0.1) is 0 Å². The van der Waals surface area contributed by atoms with Gasteiger partial charge in [-0.2, -0.15) is 0 Å². The SMILES string of the molecule is Cc1cccc(NC(C(=O)O)c2cncc(Br)c2)c1. The van der Waals surface area contributed by atoms with Gasteiger partial charge in [0, 0.05) is 28.1 Å². The number of nitrogens with one attached hydrogen (secondary N) is 1. The van der Waals surface area contributed by atoms with E-state index >= 15 is 0 Å². The van der Waals surface area contributed by atoms with Crippen molar-refractivity contribution in [3.8, 4) is 0 Å². The summed E-state index contributed by atoms with van der Waals surface area (Å²) in [5.41, 5.74) is 2.44. The summed E-state index contributed by atoms with van der Waals surface area (Å²) >= 11 is 3.29. The summed E-state index contributed by atoms with van der Waals surface area (Å²) in [5.74, 6) is -0.943. The smallest absolute Gasteiger partial charge is 0.330 e. The van der Waals surface area contributed by atoms with E-state index in [-0.39, 0.29) is 0 Å². The Balaban J connectivity index is 2.29. The topological polar surface area (TPSA) is 62.2 Å². The second-order valence-electron chi connectivity index (χ2n) is 4.22. The van der Waals surface area contributed by atoms with Crippen LogP contribution in [0.2, 0.25) is 0 Å². The predicted octanol–water partition coefficient (Wildman–Crippen LogP) is 3.39. The molecule has 0 radical (unpaired) electrons. The van der Waals surface area contributed by atoms with Gasteiger partial charge in [-0.1, -0.05) is 12.1 Å². The quantitative estimate of drug-likeness (QED) is 0.906. The van der Waals surface area contributed by atoms with Crippen molar-refractivity contribution in [1.29, 1.82) is 0 Å². The van der Waals surface area contributed by atoms with Crippen LogP contribution in [-0.2, 0) is 4.79 Å². The number of anilines is 1. The van der Waals surface area contributed by atoms with Crippen molar-refractivity contribution in [2.45, 2.75) is 13.0 Å². The molecule has 0 aliphatic heterocycles. The predicted molar refractivity (Wildman–Crippen MR) is 77.1 cm³/mol. The normalized spacial score (nSPS) is 11.9. The molecule has 2 rings (SSSR count). The van der Waals surface area contributed by atoms with Crippen LogP contribution in [0.5, 0.6) is 0 Å². The lowest BCUT2D eigenvalue weighted by molar-refractivity contribution is -0.138. The molecule has 1 aromatic carbocycles. The van der Waals surface area contributed by atoms with Crippen LogP contribution in [0, 0.1) is 6.92 Å². The van der Waals surface area contributed by atoms with Crippen molar-refractivity contribution in [1.82, 2.24) is 4.98 Å². The molecular formula is C14H13BrN2O2. The highest BCUT2D eigenvalue weighted by atomic mass is 79.9. The number of halogens is 1. The summed E-state index contributed by atoms with van der Waals surface area (Å²) < 4.78 is 0.752. The molecule has 0 bridgehead atoms. The minimum Gasteiger partial charge on any atom is -0.479 e. The van der Waals surface area contributed by atoms with E-state index in [1.807, 2.05) is 31.2 Å². The second-order valence-corrected chi connectivity index (χ2v) is 5.14. The van der Waals surface area contributed by atoms with Gasteiger partial charge in [0.15, 0.2) is 6.04 Å². The average Bonchev–Trinajstić information content (AvgIpc) is 2.35. The van der Waals surface area contributed by atoms with Crippen molar-refractivity contribution >= 4 is 27.6 Å². The third-order valence-electron chi connectivity index (χ3n) is 2.64. The first-order valence-corrected chi connectivity index (χ1v) is 6.52. The van der Waals surface area contributed by atoms with Crippen LogP contribution >= 0.6 is 15.9 Å². The number of pyridine rings is 1. The highest BCUT2D eigenvalue weighted by Crippen LogP contribution is 2.22. The molecule has 98 valence electrons. The van der Waals surface area contributed by atoms with Crippen LogP contribution in [0.3, 0.4) is 0 Å². The van der Waals surface area contributed by atoms with Crippen molar-refractivity contribution in [3.05, 3.63) is 58.3 Å². The first-order chi connectivity index (χ1) is 9.06. The van der Waals surface area contributed by atoms with Crippen LogP contribution in [0.4, 0.5) is 5.69 Å². The maximum absolute atomic E-state index is 11.4. The number of aliphatic carboxylic acids is 1. The number of nitrogens with zero attached hydrogens (tertiary/aromatic N) is 1. The largest absolute Gasteiger partial charge is 0.479 e. The lowest BCUT2D eigenvalue weighted by atomic mass is 10.1. The third kappa shape index (κ3) is 3.54. The molecule has 19 heavy (non-hydrogen) atoms. The third-order valence-corrected chi connectivity index (χ3v) is 3.07. The van der Waals surface area contributed by atoms with Gasteiger partial charge in [-0.05, 0) is 46.6 Å². The van der Waals surface area contributed by atoms with E-state index in [1.165, 1.54) is 0 Å². The fourth-order valence-electron chi connectivity index (χ4n) is 1.78. The molecule has 0 aliphatic rings. The Morgan fingerprint density at radius 1 is 1.37 bits per heavy atom. The van der Waals surface area contributed by atoms with Gasteiger partial charge in [-0.25, -0.2) is 4.79 Å². The summed E-state index contributed by atoms with van der Waals surface area (Å²) in [6.07, 6.45) is 3.17. The maximum Gasteiger partial charge on any atom is 0.330 e. The molecule has 2 N–H and O–H groups in total. The zero-order valence-electron chi connectivity index (χ0n) is 10.3. The molecule has 1 atom stereocenters. The summed E-state index contributed by atoms with van der Waals surface area (Å²) in [4.78, 5) is 15.4. The minimum absolute atomic E-state index is 0.600. The van der Waals surface area contributed by atoms with Gasteiger partial charge < -0.3 is 10.4 Å². The zero-order chi connectivity index (χ0) is 13.8. The van der Waals surface area contributed by atoms with Crippen molar-refractivity contribution in [2.24, 2.45) is 0 Å². The van der Waals surface area contributed by atoms with E-state index in [4.69, 9.17) is 0 Å². The molecule has 0 amide bonds. The van der Waals surface area contributed by atoms with Gasteiger partial charge in [-0.15, -0.1) is 0 Å². The highest BCUT2D eigenvalue weighted by Gasteiger charge is 2.20. The number of carboxylic acids is 1. The van der Waals surface area contributed by atoms with Crippen molar-refractivity contribution in [3.63, 3.8) is 0 Å². The van der Waals surface area contributed by atoms with Crippen molar-refractivity contribution < 1.29 is 9.90 Å². The van der Waals surface area contributed by atoms with Crippen LogP contribution in [0.25, 0.3) is 0 Å². The van der Waals surface area contributed by atoms with Crippen molar-refractivity contribution in [2.75, 3.05) is 5.32 Å². The summed E-state index contributed by atoms with van der Waals surface area (Å²) in [5, 5.41) is 12.3. The molecule has 0 saturated heterocycles. The standard InChI is InChI=1S/C14H13BrN2O2/c1-9-3-2-4-12(5-9)17-13(14(18)19)10-6-11(15)8-16-7-10/h2-8,13,17H,1H3,(H,18,19). The summed E-state index contributed by atoms with van der Waals surface area (Å²) in [6, 6.07) is 8.51.